The Balaban J connectivity index is 2.15. The Morgan fingerprint density at radius 2 is 1.71 bits per heavy atom. The number of aromatic nitrogens is 2. The van der Waals surface area contributed by atoms with E-state index in [9.17, 15) is 18.0 Å². The van der Waals surface area contributed by atoms with Gasteiger partial charge in [0.15, 0.2) is 0 Å². The third kappa shape index (κ3) is 3.17. The van der Waals surface area contributed by atoms with Gasteiger partial charge in [-0.3, -0.25) is 4.90 Å². The van der Waals surface area contributed by atoms with Crippen LogP contribution in [0, 0.1) is 0 Å². The van der Waals surface area contributed by atoms with Gasteiger partial charge in [-0.2, -0.15) is 13.2 Å². The zero-order chi connectivity index (χ0) is 15.8. The topological polar surface area (TPSA) is 69.6 Å². The van der Waals surface area contributed by atoms with Crippen molar-refractivity contribution < 1.29 is 23.1 Å². The average molecular weight is 304 g/mol. The fraction of sp³-hybridized carbons (Fsp3) is 0.583. The van der Waals surface area contributed by atoms with Gasteiger partial charge in [0.25, 0.3) is 0 Å². The Labute approximate surface area is 119 Å². The van der Waals surface area contributed by atoms with E-state index in [1.54, 1.807) is 18.7 Å². The van der Waals surface area contributed by atoms with Crippen LogP contribution < -0.4 is 4.90 Å². The Morgan fingerprint density at radius 3 is 2.10 bits per heavy atom. The molecule has 2 atom stereocenters. The lowest BCUT2D eigenvalue weighted by molar-refractivity contribution is -0.138. The van der Waals surface area contributed by atoms with Gasteiger partial charge in [0.05, 0.1) is 17.6 Å². The molecule has 9 heteroatoms. The van der Waals surface area contributed by atoms with Crippen molar-refractivity contribution >= 4 is 12.0 Å². The van der Waals surface area contributed by atoms with Gasteiger partial charge in [0, 0.05) is 25.5 Å². The van der Waals surface area contributed by atoms with Gasteiger partial charge in [-0.1, -0.05) is 0 Å². The van der Waals surface area contributed by atoms with E-state index in [0.29, 0.717) is 13.1 Å². The molecular formula is C12H15F3N4O2. The van der Waals surface area contributed by atoms with Gasteiger partial charge in [0.2, 0.25) is 5.95 Å². The van der Waals surface area contributed by atoms with Crippen LogP contribution >= 0.6 is 0 Å². The highest BCUT2D eigenvalue weighted by Crippen LogP contribution is 2.28. The van der Waals surface area contributed by atoms with Crippen molar-refractivity contribution in [2.45, 2.75) is 32.1 Å². The normalized spacial score (nSPS) is 23.3. The first-order valence-corrected chi connectivity index (χ1v) is 6.35. The molecule has 0 aromatic carbocycles. The molecule has 2 heterocycles. The lowest BCUT2D eigenvalue weighted by Crippen LogP contribution is -2.58. The van der Waals surface area contributed by atoms with Crippen LogP contribution in [-0.4, -0.2) is 51.2 Å². The highest BCUT2D eigenvalue weighted by Gasteiger charge is 2.35. The molecule has 1 aliphatic heterocycles. The summed E-state index contributed by atoms with van der Waals surface area (Å²) in [6.45, 7) is 4.14. The van der Waals surface area contributed by atoms with E-state index in [-0.39, 0.29) is 18.0 Å². The maximum absolute atomic E-state index is 12.5. The minimum atomic E-state index is -4.47. The lowest BCUT2D eigenvalue weighted by Gasteiger charge is -2.42. The minimum Gasteiger partial charge on any atom is -0.465 e. The number of hydrogen-bond acceptors (Lipinski definition) is 4. The summed E-state index contributed by atoms with van der Waals surface area (Å²) in [5.74, 6) is 0.173. The highest BCUT2D eigenvalue weighted by molar-refractivity contribution is 5.66. The number of halogens is 3. The van der Waals surface area contributed by atoms with Crippen molar-refractivity contribution in [2.24, 2.45) is 0 Å². The monoisotopic (exact) mass is 304 g/mol. The molecule has 21 heavy (non-hydrogen) atoms. The van der Waals surface area contributed by atoms with Crippen LogP contribution in [0.25, 0.3) is 0 Å². The number of nitrogens with zero attached hydrogens (tertiary/aromatic N) is 4. The van der Waals surface area contributed by atoms with Gasteiger partial charge in [-0.25, -0.2) is 14.8 Å². The number of amides is 1. The summed E-state index contributed by atoms with van der Waals surface area (Å²) in [7, 11) is 0. The third-order valence-electron chi connectivity index (χ3n) is 3.39. The summed E-state index contributed by atoms with van der Waals surface area (Å²) >= 11 is 0. The minimum absolute atomic E-state index is 0.173. The zero-order valence-electron chi connectivity index (χ0n) is 11.5. The van der Waals surface area contributed by atoms with Gasteiger partial charge < -0.3 is 10.0 Å². The molecule has 1 saturated heterocycles. The van der Waals surface area contributed by atoms with Gasteiger partial charge in [-0.15, -0.1) is 0 Å². The van der Waals surface area contributed by atoms with Crippen molar-refractivity contribution in [3.8, 4) is 0 Å². The second-order valence-corrected chi connectivity index (χ2v) is 5.06. The van der Waals surface area contributed by atoms with Crippen molar-refractivity contribution in [2.75, 3.05) is 18.0 Å². The molecule has 116 valence electrons. The number of rotatable bonds is 1. The van der Waals surface area contributed by atoms with Gasteiger partial charge in [-0.05, 0) is 13.8 Å². The Kier molecular flexibility index (Phi) is 3.93. The summed E-state index contributed by atoms with van der Waals surface area (Å²) < 4.78 is 37.4. The lowest BCUT2D eigenvalue weighted by atomic mass is 10.1. The smallest absolute Gasteiger partial charge is 0.419 e. The molecule has 1 amide bonds. The molecule has 2 rings (SSSR count). The summed E-state index contributed by atoms with van der Waals surface area (Å²) in [6, 6.07) is -0.589. The average Bonchev–Trinajstić information content (AvgIpc) is 2.36. The molecule has 0 aliphatic carbocycles. The number of carboxylic acid groups (broad SMARTS) is 1. The highest BCUT2D eigenvalue weighted by atomic mass is 19.4. The van der Waals surface area contributed by atoms with Crippen LogP contribution in [-0.2, 0) is 6.18 Å². The van der Waals surface area contributed by atoms with E-state index >= 15 is 0 Å². The molecule has 1 aromatic heterocycles. The SMILES string of the molecule is CC1CN(c2ncc(C(F)(F)F)cn2)C[C@@H](C)N1C(=O)O. The zero-order valence-corrected chi connectivity index (χ0v) is 11.5. The van der Waals surface area contributed by atoms with E-state index in [4.69, 9.17) is 5.11 Å². The quantitative estimate of drug-likeness (QED) is 0.860. The second kappa shape index (κ2) is 5.38. The number of anilines is 1. The Bertz CT molecular complexity index is 508. The molecule has 1 aliphatic rings. The largest absolute Gasteiger partial charge is 0.465 e. The predicted octanol–water partition coefficient (Wildman–Crippen LogP) is 2.07. The summed E-state index contributed by atoms with van der Waals surface area (Å²) in [4.78, 5) is 21.6. The van der Waals surface area contributed by atoms with E-state index in [1.807, 2.05) is 0 Å². The number of carbonyl (C=O) groups is 1. The molecule has 1 unspecified atom stereocenters. The van der Waals surface area contributed by atoms with E-state index in [1.165, 1.54) is 4.90 Å². The molecule has 0 spiro atoms. The van der Waals surface area contributed by atoms with Crippen molar-refractivity contribution in [1.29, 1.82) is 0 Å². The number of piperazine rings is 1. The fourth-order valence-electron chi connectivity index (χ4n) is 2.49. The van der Waals surface area contributed by atoms with Crippen LogP contribution in [0.3, 0.4) is 0 Å². The number of alkyl halides is 3. The summed E-state index contributed by atoms with van der Waals surface area (Å²) in [5, 5.41) is 9.11. The van der Waals surface area contributed by atoms with Crippen LogP contribution in [0.2, 0.25) is 0 Å². The second-order valence-electron chi connectivity index (χ2n) is 5.06. The number of hydrogen-bond donors (Lipinski definition) is 1. The molecule has 0 bridgehead atoms. The standard InChI is InChI=1S/C12H15F3N4O2/c1-7-5-18(6-8(2)19(7)11(20)21)10-16-3-9(4-17-10)12(13,14)15/h3-4,7-8H,5-6H2,1-2H3,(H,20,21)/t7-,8?/m1/s1. The van der Waals surface area contributed by atoms with Crippen LogP contribution in [0.1, 0.15) is 19.4 Å². The molecule has 0 radical (unpaired) electrons. The van der Waals surface area contributed by atoms with E-state index in [0.717, 1.165) is 12.4 Å². The Hall–Kier alpha value is -2.06. The third-order valence-corrected chi connectivity index (χ3v) is 3.39. The molecule has 1 N–H and O–H groups in total. The summed E-state index contributed by atoms with van der Waals surface area (Å²) in [6.07, 6.45) is -4.01. The van der Waals surface area contributed by atoms with Gasteiger partial charge >= 0.3 is 12.3 Å². The van der Waals surface area contributed by atoms with Crippen LogP contribution in [0.5, 0.6) is 0 Å². The van der Waals surface area contributed by atoms with Crippen molar-refractivity contribution in [1.82, 2.24) is 14.9 Å². The first-order valence-electron chi connectivity index (χ1n) is 6.35. The van der Waals surface area contributed by atoms with Crippen LogP contribution in [0.15, 0.2) is 12.4 Å². The molecule has 0 saturated carbocycles. The van der Waals surface area contributed by atoms with Gasteiger partial charge in [0.1, 0.15) is 0 Å². The molecule has 6 nitrogen and oxygen atoms in total. The first-order chi connectivity index (χ1) is 9.70. The first kappa shape index (κ1) is 15.3. The molecular weight excluding hydrogens is 289 g/mol. The molecule has 1 fully saturated rings. The van der Waals surface area contributed by atoms with Crippen LogP contribution in [0.4, 0.5) is 23.9 Å². The predicted molar refractivity (Wildman–Crippen MR) is 68.0 cm³/mol. The van der Waals surface area contributed by atoms with Crippen molar-refractivity contribution in [3.63, 3.8) is 0 Å². The summed E-state index contributed by atoms with van der Waals surface area (Å²) in [5.41, 5.74) is -0.906. The van der Waals surface area contributed by atoms with Crippen molar-refractivity contribution in [3.05, 3.63) is 18.0 Å². The molecule has 1 aromatic rings. The fourth-order valence-corrected chi connectivity index (χ4v) is 2.49. The maximum Gasteiger partial charge on any atom is 0.419 e. The van der Waals surface area contributed by atoms with E-state index in [2.05, 4.69) is 9.97 Å². The Morgan fingerprint density at radius 1 is 1.24 bits per heavy atom. The van der Waals surface area contributed by atoms with E-state index < -0.39 is 17.8 Å². The maximum atomic E-state index is 12.5.